The van der Waals surface area contributed by atoms with Crippen LogP contribution < -0.4 is 10.2 Å². The van der Waals surface area contributed by atoms with Gasteiger partial charge in [0.05, 0.1) is 12.3 Å². The van der Waals surface area contributed by atoms with E-state index in [0.29, 0.717) is 12.2 Å². The van der Waals surface area contributed by atoms with Gasteiger partial charge in [-0.1, -0.05) is 37.3 Å². The van der Waals surface area contributed by atoms with Crippen molar-refractivity contribution in [1.82, 2.24) is 5.43 Å². The highest BCUT2D eigenvalue weighted by Crippen LogP contribution is 2.12. The van der Waals surface area contributed by atoms with Crippen LogP contribution in [0.2, 0.25) is 0 Å². The van der Waals surface area contributed by atoms with Crippen LogP contribution in [0.3, 0.4) is 0 Å². The van der Waals surface area contributed by atoms with Crippen LogP contribution in [0.4, 0.5) is 0 Å². The molecule has 0 heterocycles. The first-order valence-corrected chi connectivity index (χ1v) is 7.39. The molecule has 4 heteroatoms. The molecule has 0 fully saturated rings. The van der Waals surface area contributed by atoms with E-state index < -0.39 is 0 Å². The van der Waals surface area contributed by atoms with Crippen molar-refractivity contribution in [3.05, 3.63) is 65.7 Å². The van der Waals surface area contributed by atoms with Gasteiger partial charge in [-0.05, 0) is 43.2 Å². The summed E-state index contributed by atoms with van der Waals surface area (Å²) in [6.07, 6.45) is 0.744. The summed E-state index contributed by atoms with van der Waals surface area (Å²) in [6.45, 7) is 4.53. The lowest BCUT2D eigenvalue weighted by molar-refractivity contribution is 0.0955. The van der Waals surface area contributed by atoms with Crippen LogP contribution in [-0.2, 0) is 0 Å². The van der Waals surface area contributed by atoms with Crippen molar-refractivity contribution < 1.29 is 9.53 Å². The molecule has 1 N–H and O–H groups in total. The number of ether oxygens (including phenoxy) is 1. The maximum Gasteiger partial charge on any atom is 0.271 e. The first kappa shape index (κ1) is 15.8. The number of hydrogen-bond donors (Lipinski definition) is 1. The van der Waals surface area contributed by atoms with Crippen LogP contribution in [0.25, 0.3) is 0 Å². The number of hydrazone groups is 1. The maximum atomic E-state index is 12.1. The predicted octanol–water partition coefficient (Wildman–Crippen LogP) is 3.63. The smallest absolute Gasteiger partial charge is 0.271 e. The van der Waals surface area contributed by atoms with E-state index in [4.69, 9.17) is 4.74 Å². The van der Waals surface area contributed by atoms with Gasteiger partial charge < -0.3 is 4.74 Å². The Hall–Kier alpha value is -2.62. The second-order valence-electron chi connectivity index (χ2n) is 4.68. The van der Waals surface area contributed by atoms with Gasteiger partial charge in [-0.3, -0.25) is 4.79 Å². The Morgan fingerprint density at radius 1 is 1.00 bits per heavy atom. The Labute approximate surface area is 130 Å². The topological polar surface area (TPSA) is 50.7 Å². The van der Waals surface area contributed by atoms with Crippen LogP contribution >= 0.6 is 0 Å². The second kappa shape index (κ2) is 7.98. The van der Waals surface area contributed by atoms with Crippen LogP contribution in [0.1, 0.15) is 36.2 Å². The maximum absolute atomic E-state index is 12.1. The van der Waals surface area contributed by atoms with Gasteiger partial charge >= 0.3 is 0 Å². The fraction of sp³-hybridized carbons (Fsp3) is 0.222. The lowest BCUT2D eigenvalue weighted by atomic mass is 10.1. The lowest BCUT2D eigenvalue weighted by Crippen LogP contribution is -2.19. The fourth-order valence-corrected chi connectivity index (χ4v) is 2.03. The third kappa shape index (κ3) is 4.19. The van der Waals surface area contributed by atoms with Crippen LogP contribution in [0, 0.1) is 0 Å². The predicted molar refractivity (Wildman–Crippen MR) is 88.3 cm³/mol. The van der Waals surface area contributed by atoms with Crippen molar-refractivity contribution in [3.8, 4) is 5.75 Å². The Balaban J connectivity index is 2.06. The molecule has 4 nitrogen and oxygen atoms in total. The molecule has 2 aromatic carbocycles. The van der Waals surface area contributed by atoms with Gasteiger partial charge in [0.1, 0.15) is 5.75 Å². The molecular formula is C18H20N2O2. The molecule has 0 saturated heterocycles. The molecule has 2 rings (SSSR count). The zero-order valence-electron chi connectivity index (χ0n) is 12.9. The monoisotopic (exact) mass is 296 g/mol. The number of rotatable bonds is 6. The summed E-state index contributed by atoms with van der Waals surface area (Å²) in [5, 5.41) is 4.23. The second-order valence-corrected chi connectivity index (χ2v) is 4.68. The number of benzene rings is 2. The number of hydrogen-bond acceptors (Lipinski definition) is 3. The number of carbonyl (C=O) groups excluding carboxylic acids is 1. The minimum atomic E-state index is -0.232. The molecule has 2 aromatic rings. The van der Waals surface area contributed by atoms with Crippen molar-refractivity contribution in [1.29, 1.82) is 0 Å². The highest BCUT2D eigenvalue weighted by Gasteiger charge is 2.06. The number of nitrogens with one attached hydrogen (secondary N) is 1. The Bertz CT molecular complexity index is 634. The minimum Gasteiger partial charge on any atom is -0.494 e. The standard InChI is InChI=1S/C18H20N2O2/c1-3-17(14-8-6-5-7-9-14)19-20-18(21)15-10-12-16(13-11-15)22-4-2/h5-13H,3-4H2,1-2H3,(H,20,21). The molecule has 0 aliphatic heterocycles. The summed E-state index contributed by atoms with van der Waals surface area (Å²) in [4.78, 5) is 12.1. The molecule has 0 bridgehead atoms. The van der Waals surface area contributed by atoms with E-state index in [1.165, 1.54) is 0 Å². The fourth-order valence-electron chi connectivity index (χ4n) is 2.03. The summed E-state index contributed by atoms with van der Waals surface area (Å²) in [7, 11) is 0. The van der Waals surface area contributed by atoms with Gasteiger partial charge in [0.2, 0.25) is 0 Å². The summed E-state index contributed by atoms with van der Waals surface area (Å²) in [6, 6.07) is 16.8. The summed E-state index contributed by atoms with van der Waals surface area (Å²) in [5.41, 5.74) is 5.02. The van der Waals surface area contributed by atoms with E-state index >= 15 is 0 Å². The molecule has 1 amide bonds. The Kier molecular flexibility index (Phi) is 5.72. The first-order chi connectivity index (χ1) is 10.7. The molecule has 0 aromatic heterocycles. The molecule has 0 atom stereocenters. The van der Waals surface area contributed by atoms with Gasteiger partial charge in [0, 0.05) is 5.56 Å². The minimum absolute atomic E-state index is 0.232. The van der Waals surface area contributed by atoms with E-state index in [1.807, 2.05) is 44.2 Å². The molecule has 0 aliphatic carbocycles. The molecule has 0 spiro atoms. The van der Waals surface area contributed by atoms with E-state index in [-0.39, 0.29) is 5.91 Å². The molecule has 114 valence electrons. The summed E-state index contributed by atoms with van der Waals surface area (Å²) < 4.78 is 5.35. The largest absolute Gasteiger partial charge is 0.494 e. The summed E-state index contributed by atoms with van der Waals surface area (Å²) >= 11 is 0. The van der Waals surface area contributed by atoms with Gasteiger partial charge in [0.25, 0.3) is 5.91 Å². The van der Waals surface area contributed by atoms with Crippen molar-refractivity contribution in [2.24, 2.45) is 5.10 Å². The highest BCUT2D eigenvalue weighted by atomic mass is 16.5. The van der Waals surface area contributed by atoms with Crippen molar-refractivity contribution in [3.63, 3.8) is 0 Å². The van der Waals surface area contributed by atoms with E-state index in [0.717, 1.165) is 23.4 Å². The van der Waals surface area contributed by atoms with E-state index in [2.05, 4.69) is 10.5 Å². The number of carbonyl (C=O) groups is 1. The highest BCUT2D eigenvalue weighted by molar-refractivity contribution is 6.02. The molecule has 0 saturated carbocycles. The average molecular weight is 296 g/mol. The SMILES string of the molecule is CCOc1ccc(C(=O)NN=C(CC)c2ccccc2)cc1. The van der Waals surface area contributed by atoms with Crippen molar-refractivity contribution >= 4 is 11.6 Å². The van der Waals surface area contributed by atoms with Crippen molar-refractivity contribution in [2.75, 3.05) is 6.61 Å². The zero-order chi connectivity index (χ0) is 15.8. The van der Waals surface area contributed by atoms with E-state index in [1.54, 1.807) is 24.3 Å². The zero-order valence-corrected chi connectivity index (χ0v) is 12.9. The first-order valence-electron chi connectivity index (χ1n) is 7.39. The molecule has 0 unspecified atom stereocenters. The van der Waals surface area contributed by atoms with Gasteiger partial charge in [-0.15, -0.1) is 0 Å². The number of nitrogens with zero attached hydrogens (tertiary/aromatic N) is 1. The van der Waals surface area contributed by atoms with Gasteiger partial charge in [-0.25, -0.2) is 5.43 Å². The number of amides is 1. The van der Waals surface area contributed by atoms with Gasteiger partial charge in [0.15, 0.2) is 0 Å². The Morgan fingerprint density at radius 2 is 1.68 bits per heavy atom. The van der Waals surface area contributed by atoms with Gasteiger partial charge in [-0.2, -0.15) is 5.10 Å². The van der Waals surface area contributed by atoms with Crippen molar-refractivity contribution in [2.45, 2.75) is 20.3 Å². The third-order valence-electron chi connectivity index (χ3n) is 3.16. The quantitative estimate of drug-likeness (QED) is 0.653. The Morgan fingerprint density at radius 3 is 2.27 bits per heavy atom. The van der Waals surface area contributed by atoms with E-state index in [9.17, 15) is 4.79 Å². The van der Waals surface area contributed by atoms with Crippen LogP contribution in [0.5, 0.6) is 5.75 Å². The van der Waals surface area contributed by atoms with Crippen LogP contribution in [-0.4, -0.2) is 18.2 Å². The molecule has 0 radical (unpaired) electrons. The average Bonchev–Trinajstić information content (AvgIpc) is 2.57. The van der Waals surface area contributed by atoms with Crippen LogP contribution in [0.15, 0.2) is 59.7 Å². The summed E-state index contributed by atoms with van der Waals surface area (Å²) in [5.74, 6) is 0.519. The third-order valence-corrected chi connectivity index (χ3v) is 3.16. The lowest BCUT2D eigenvalue weighted by Gasteiger charge is -2.06. The molecule has 0 aliphatic rings. The normalized spacial score (nSPS) is 11.1. The molecular weight excluding hydrogens is 276 g/mol. The molecule has 22 heavy (non-hydrogen) atoms.